The van der Waals surface area contributed by atoms with Crippen LogP contribution in [-0.2, 0) is 4.79 Å². The summed E-state index contributed by atoms with van der Waals surface area (Å²) in [5.74, 6) is -0.280. The van der Waals surface area contributed by atoms with E-state index in [4.69, 9.17) is 11.6 Å². The van der Waals surface area contributed by atoms with Gasteiger partial charge in [0.2, 0.25) is 5.91 Å². The monoisotopic (exact) mass is 329 g/mol. The summed E-state index contributed by atoms with van der Waals surface area (Å²) in [6.45, 7) is 0. The quantitative estimate of drug-likeness (QED) is 0.669. The Morgan fingerprint density at radius 2 is 1.96 bits per heavy atom. The number of nitrogens with zero attached hydrogens (tertiary/aromatic N) is 2. The number of nitrogens with one attached hydrogen (secondary N) is 1. The Kier molecular flexibility index (Phi) is 3.99. The van der Waals surface area contributed by atoms with Crippen LogP contribution in [0.2, 0.25) is 5.02 Å². The van der Waals surface area contributed by atoms with E-state index in [1.165, 1.54) is 4.90 Å². The van der Waals surface area contributed by atoms with E-state index in [0.717, 1.165) is 6.20 Å². The summed E-state index contributed by atoms with van der Waals surface area (Å²) in [6, 6.07) is 14.1. The van der Waals surface area contributed by atoms with Crippen molar-refractivity contribution in [2.45, 2.75) is 6.42 Å². The summed E-state index contributed by atoms with van der Waals surface area (Å²) in [5.41, 5.74) is 2.03. The molecule has 1 aliphatic rings. The van der Waals surface area contributed by atoms with Crippen molar-refractivity contribution in [3.63, 3.8) is 0 Å². The molecule has 6 nitrogen and oxygen atoms in total. The molecule has 1 N–H and O–H groups in total. The van der Waals surface area contributed by atoms with Crippen molar-refractivity contribution >= 4 is 34.6 Å². The molecule has 0 unspecified atom stereocenters. The van der Waals surface area contributed by atoms with E-state index in [1.54, 1.807) is 30.3 Å². The Morgan fingerprint density at radius 1 is 1.22 bits per heavy atom. The number of hydrogen-bond donors (Lipinski definition) is 1. The first-order valence-electron chi connectivity index (χ1n) is 6.83. The van der Waals surface area contributed by atoms with Crippen LogP contribution in [0.5, 0.6) is 0 Å². The highest BCUT2D eigenvalue weighted by atomic mass is 35.5. The first kappa shape index (κ1) is 15.1. The van der Waals surface area contributed by atoms with Gasteiger partial charge in [0.1, 0.15) is 0 Å². The lowest BCUT2D eigenvalue weighted by Crippen LogP contribution is -2.24. The molecule has 0 aromatic heterocycles. The van der Waals surface area contributed by atoms with Crippen molar-refractivity contribution in [2.75, 3.05) is 10.2 Å². The molecule has 0 spiro atoms. The van der Waals surface area contributed by atoms with E-state index >= 15 is 0 Å². The summed E-state index contributed by atoms with van der Waals surface area (Å²) in [4.78, 5) is 24.3. The number of hydrogen-bond acceptors (Lipinski definition) is 4. The van der Waals surface area contributed by atoms with Crippen LogP contribution < -0.4 is 10.2 Å². The molecule has 0 aliphatic carbocycles. The van der Waals surface area contributed by atoms with Crippen LogP contribution in [0.1, 0.15) is 6.42 Å². The molecule has 2 aromatic carbocycles. The van der Waals surface area contributed by atoms with Gasteiger partial charge in [-0.1, -0.05) is 29.8 Å². The standard InChI is InChI=1S/C16H12ClN3O3/c17-11-6-7-14-15(8-11)20(13-4-2-1-3-5-13)16(21)9-12(18-14)10-19(22)23/h1-8,10,18H,9H2/b12-10+. The molecule has 116 valence electrons. The predicted octanol–water partition coefficient (Wildman–Crippen LogP) is 3.94. The van der Waals surface area contributed by atoms with Gasteiger partial charge in [-0.3, -0.25) is 19.8 Å². The van der Waals surface area contributed by atoms with E-state index in [-0.39, 0.29) is 18.0 Å². The second-order valence-electron chi connectivity index (χ2n) is 4.97. The van der Waals surface area contributed by atoms with Gasteiger partial charge < -0.3 is 5.32 Å². The van der Waals surface area contributed by atoms with Gasteiger partial charge in [0.25, 0.3) is 6.20 Å². The maximum absolute atomic E-state index is 12.7. The maximum Gasteiger partial charge on any atom is 0.254 e. The lowest BCUT2D eigenvalue weighted by molar-refractivity contribution is -0.403. The van der Waals surface area contributed by atoms with Gasteiger partial charge in [-0.15, -0.1) is 0 Å². The SMILES string of the molecule is O=C1C/C(=C\[N+](=O)[O-])Nc2ccc(Cl)cc2N1c1ccccc1. The highest BCUT2D eigenvalue weighted by Gasteiger charge is 2.27. The van der Waals surface area contributed by atoms with Crippen LogP contribution in [-0.4, -0.2) is 10.8 Å². The summed E-state index contributed by atoms with van der Waals surface area (Å²) in [5, 5.41) is 14.2. The van der Waals surface area contributed by atoms with Gasteiger partial charge in [0.15, 0.2) is 0 Å². The van der Waals surface area contributed by atoms with Gasteiger partial charge in [0, 0.05) is 10.7 Å². The molecule has 0 fully saturated rings. The first-order valence-corrected chi connectivity index (χ1v) is 7.21. The number of para-hydroxylation sites is 1. The van der Waals surface area contributed by atoms with Gasteiger partial charge in [-0.05, 0) is 30.3 Å². The molecule has 1 amide bonds. The van der Waals surface area contributed by atoms with Crippen molar-refractivity contribution in [1.29, 1.82) is 0 Å². The van der Waals surface area contributed by atoms with Crippen molar-refractivity contribution in [1.82, 2.24) is 0 Å². The highest BCUT2D eigenvalue weighted by molar-refractivity contribution is 6.31. The molecule has 23 heavy (non-hydrogen) atoms. The number of carbonyl (C=O) groups excluding carboxylic acids is 1. The number of benzene rings is 2. The highest BCUT2D eigenvalue weighted by Crippen LogP contribution is 2.38. The average molecular weight is 330 g/mol. The normalized spacial score (nSPS) is 15.8. The Balaban J connectivity index is 2.16. The lowest BCUT2D eigenvalue weighted by atomic mass is 10.2. The lowest BCUT2D eigenvalue weighted by Gasteiger charge is -2.22. The molecule has 0 bridgehead atoms. The third kappa shape index (κ3) is 3.17. The van der Waals surface area contributed by atoms with Crippen molar-refractivity contribution in [3.8, 4) is 0 Å². The molecule has 1 aliphatic heterocycles. The minimum Gasteiger partial charge on any atom is -0.352 e. The second-order valence-corrected chi connectivity index (χ2v) is 5.40. The van der Waals surface area contributed by atoms with E-state index in [1.807, 2.05) is 18.2 Å². The molecule has 0 atom stereocenters. The molecule has 0 radical (unpaired) electrons. The van der Waals surface area contributed by atoms with Gasteiger partial charge in [-0.25, -0.2) is 0 Å². The fourth-order valence-electron chi connectivity index (χ4n) is 2.45. The summed E-state index contributed by atoms with van der Waals surface area (Å²) >= 11 is 6.06. The van der Waals surface area contributed by atoms with Crippen LogP contribution in [0.25, 0.3) is 0 Å². The van der Waals surface area contributed by atoms with E-state index < -0.39 is 4.92 Å². The zero-order valence-corrected chi connectivity index (χ0v) is 12.7. The number of nitro groups is 1. The fraction of sp³-hybridized carbons (Fsp3) is 0.0625. The summed E-state index contributed by atoms with van der Waals surface area (Å²) in [7, 11) is 0. The molecular weight excluding hydrogens is 318 g/mol. The molecule has 3 rings (SSSR count). The zero-order chi connectivity index (χ0) is 16.4. The van der Waals surface area contributed by atoms with Crippen LogP contribution in [0.4, 0.5) is 17.1 Å². The maximum atomic E-state index is 12.7. The second kappa shape index (κ2) is 6.10. The number of carbonyl (C=O) groups is 1. The van der Waals surface area contributed by atoms with Crippen LogP contribution in [0.15, 0.2) is 60.4 Å². The number of fused-ring (bicyclic) bond motifs is 1. The van der Waals surface area contributed by atoms with Gasteiger partial charge in [-0.2, -0.15) is 0 Å². The Labute approximate surface area is 137 Å². The van der Waals surface area contributed by atoms with E-state index in [9.17, 15) is 14.9 Å². The average Bonchev–Trinajstić information content (AvgIpc) is 2.62. The van der Waals surface area contributed by atoms with Crippen molar-refractivity contribution in [3.05, 3.63) is 75.6 Å². The molecule has 1 heterocycles. The Bertz CT molecular complexity index is 805. The number of rotatable bonds is 2. The minimum absolute atomic E-state index is 0.109. The van der Waals surface area contributed by atoms with Crippen molar-refractivity contribution in [2.24, 2.45) is 0 Å². The molecular formula is C16H12ClN3O3. The zero-order valence-electron chi connectivity index (χ0n) is 11.9. The van der Waals surface area contributed by atoms with Crippen LogP contribution in [0.3, 0.4) is 0 Å². The molecule has 2 aromatic rings. The number of anilines is 3. The Morgan fingerprint density at radius 3 is 2.65 bits per heavy atom. The fourth-order valence-corrected chi connectivity index (χ4v) is 2.62. The van der Waals surface area contributed by atoms with Crippen LogP contribution >= 0.6 is 11.6 Å². The van der Waals surface area contributed by atoms with Crippen molar-refractivity contribution < 1.29 is 9.72 Å². The van der Waals surface area contributed by atoms with E-state index in [2.05, 4.69) is 5.32 Å². The minimum atomic E-state index is -0.580. The number of amides is 1. The largest absolute Gasteiger partial charge is 0.352 e. The molecule has 7 heteroatoms. The van der Waals surface area contributed by atoms with Gasteiger partial charge >= 0.3 is 0 Å². The summed E-state index contributed by atoms with van der Waals surface area (Å²) in [6.07, 6.45) is 0.701. The third-order valence-corrected chi connectivity index (χ3v) is 3.60. The predicted molar refractivity (Wildman–Crippen MR) is 88.4 cm³/mol. The van der Waals surface area contributed by atoms with Crippen LogP contribution in [0, 0.1) is 10.1 Å². The topological polar surface area (TPSA) is 75.5 Å². The Hall–Kier alpha value is -2.86. The third-order valence-electron chi connectivity index (χ3n) is 3.36. The smallest absolute Gasteiger partial charge is 0.254 e. The number of halogens is 1. The van der Waals surface area contributed by atoms with E-state index in [0.29, 0.717) is 22.1 Å². The van der Waals surface area contributed by atoms with Gasteiger partial charge in [0.05, 0.1) is 28.4 Å². The molecule has 0 saturated carbocycles. The molecule has 0 saturated heterocycles. The summed E-state index contributed by atoms with van der Waals surface area (Å²) < 4.78 is 0. The first-order chi connectivity index (χ1) is 11.0.